The fourth-order valence-corrected chi connectivity index (χ4v) is 5.98. The molecule has 0 aliphatic heterocycles. The molecule has 6 heteroatoms. The Labute approximate surface area is 344 Å². The normalized spacial score (nSPS) is 12.7. The standard InChI is InChI=1S/C50H84O6/c1-4-7-10-13-16-19-21-23-25-27-28-31-34-37-40-43-49(52)55-46-47(45-54-48(51)42-39-36-33-30-18-15-12-9-6-3)56-50(53)44-41-38-35-32-29-26-24-22-20-17-14-11-8-5-2/h8,11,16-17,19-21,23-24,26,30,33,47H,4-7,9-10,12-15,18,22,25,27-29,31-32,34-46H2,1-3H3/b11-8-,19-16-,20-17-,23-21-,26-24-,33-30-. The third-order valence-electron chi connectivity index (χ3n) is 9.44. The molecule has 0 fully saturated rings. The zero-order valence-electron chi connectivity index (χ0n) is 36.4. The minimum atomic E-state index is -0.800. The smallest absolute Gasteiger partial charge is 0.306 e. The maximum Gasteiger partial charge on any atom is 0.306 e. The van der Waals surface area contributed by atoms with Crippen LogP contribution in [0.5, 0.6) is 0 Å². The third-order valence-corrected chi connectivity index (χ3v) is 9.44. The van der Waals surface area contributed by atoms with Gasteiger partial charge in [0.15, 0.2) is 6.10 Å². The van der Waals surface area contributed by atoms with E-state index in [9.17, 15) is 14.4 Å². The van der Waals surface area contributed by atoms with Crippen molar-refractivity contribution in [3.05, 3.63) is 72.9 Å². The predicted molar refractivity (Wildman–Crippen MR) is 238 cm³/mol. The summed E-state index contributed by atoms with van der Waals surface area (Å²) in [6, 6.07) is 0. The number of carbonyl (C=O) groups is 3. The Bertz CT molecular complexity index is 1080. The first-order valence-corrected chi connectivity index (χ1v) is 23.0. The molecule has 0 saturated heterocycles. The second kappa shape index (κ2) is 44.6. The van der Waals surface area contributed by atoms with Crippen LogP contribution in [0.25, 0.3) is 0 Å². The van der Waals surface area contributed by atoms with Crippen molar-refractivity contribution in [2.45, 2.75) is 213 Å². The van der Waals surface area contributed by atoms with Gasteiger partial charge in [0.25, 0.3) is 0 Å². The SMILES string of the molecule is CC/C=C\C/C=C\C/C=C\CCCCCCC(=O)OC(COC(=O)CCC/C=C\CCCCCC)COC(=O)CCCCCCCC/C=C\C=C/CCCCC. The Balaban J connectivity index is 4.45. The molecule has 56 heavy (non-hydrogen) atoms. The van der Waals surface area contributed by atoms with Gasteiger partial charge >= 0.3 is 17.9 Å². The molecule has 0 saturated carbocycles. The molecule has 0 amide bonds. The number of hydrogen-bond donors (Lipinski definition) is 0. The van der Waals surface area contributed by atoms with Crippen LogP contribution < -0.4 is 0 Å². The lowest BCUT2D eigenvalue weighted by molar-refractivity contribution is -0.167. The number of hydrogen-bond acceptors (Lipinski definition) is 6. The quantitative estimate of drug-likeness (QED) is 0.0203. The van der Waals surface area contributed by atoms with E-state index in [1.165, 1.54) is 70.6 Å². The zero-order valence-corrected chi connectivity index (χ0v) is 36.4. The lowest BCUT2D eigenvalue weighted by atomic mass is 10.1. The second-order valence-corrected chi connectivity index (χ2v) is 14.9. The molecule has 0 spiro atoms. The summed E-state index contributed by atoms with van der Waals surface area (Å²) in [6.45, 7) is 6.38. The van der Waals surface area contributed by atoms with Gasteiger partial charge in [-0.3, -0.25) is 14.4 Å². The van der Waals surface area contributed by atoms with Crippen molar-refractivity contribution in [1.29, 1.82) is 0 Å². The van der Waals surface area contributed by atoms with E-state index in [0.29, 0.717) is 25.7 Å². The van der Waals surface area contributed by atoms with E-state index >= 15 is 0 Å². The van der Waals surface area contributed by atoms with Crippen LogP contribution in [0.4, 0.5) is 0 Å². The molecule has 320 valence electrons. The van der Waals surface area contributed by atoms with Crippen LogP contribution in [-0.2, 0) is 28.6 Å². The van der Waals surface area contributed by atoms with E-state index in [1.54, 1.807) is 0 Å². The number of ether oxygens (including phenoxy) is 3. The summed E-state index contributed by atoms with van der Waals surface area (Å²) < 4.78 is 16.6. The first-order chi connectivity index (χ1) is 27.5. The number of allylic oxidation sites excluding steroid dienone is 12. The topological polar surface area (TPSA) is 78.9 Å². The van der Waals surface area contributed by atoms with Crippen molar-refractivity contribution >= 4 is 17.9 Å². The van der Waals surface area contributed by atoms with Gasteiger partial charge < -0.3 is 14.2 Å². The van der Waals surface area contributed by atoms with Crippen LogP contribution in [0.2, 0.25) is 0 Å². The molecule has 0 aromatic carbocycles. The maximum absolute atomic E-state index is 12.7. The van der Waals surface area contributed by atoms with Gasteiger partial charge in [0.2, 0.25) is 0 Å². The summed E-state index contributed by atoms with van der Waals surface area (Å²) >= 11 is 0. The van der Waals surface area contributed by atoms with Gasteiger partial charge in [-0.2, -0.15) is 0 Å². The Morgan fingerprint density at radius 1 is 0.393 bits per heavy atom. The average Bonchev–Trinajstić information content (AvgIpc) is 3.19. The van der Waals surface area contributed by atoms with Gasteiger partial charge in [0.05, 0.1) is 0 Å². The molecule has 0 heterocycles. The molecule has 0 aromatic rings. The van der Waals surface area contributed by atoms with Gasteiger partial charge in [-0.25, -0.2) is 0 Å². The highest BCUT2D eigenvalue weighted by molar-refractivity contribution is 5.71. The minimum absolute atomic E-state index is 0.100. The molecule has 1 atom stereocenters. The number of esters is 3. The molecule has 0 bridgehead atoms. The minimum Gasteiger partial charge on any atom is -0.462 e. The number of unbranched alkanes of at least 4 members (excludes halogenated alkanes) is 18. The number of carbonyl (C=O) groups excluding carboxylic acids is 3. The van der Waals surface area contributed by atoms with Crippen LogP contribution in [0.3, 0.4) is 0 Å². The van der Waals surface area contributed by atoms with E-state index < -0.39 is 6.10 Å². The van der Waals surface area contributed by atoms with E-state index in [-0.39, 0.29) is 31.1 Å². The molecule has 1 unspecified atom stereocenters. The largest absolute Gasteiger partial charge is 0.462 e. The first-order valence-electron chi connectivity index (χ1n) is 23.0. The van der Waals surface area contributed by atoms with E-state index in [2.05, 4.69) is 93.7 Å². The Morgan fingerprint density at radius 2 is 0.768 bits per heavy atom. The molecule has 0 aliphatic rings. The van der Waals surface area contributed by atoms with Crippen molar-refractivity contribution in [3.63, 3.8) is 0 Å². The van der Waals surface area contributed by atoms with Crippen molar-refractivity contribution in [2.24, 2.45) is 0 Å². The fourth-order valence-electron chi connectivity index (χ4n) is 5.98. The molecule has 0 N–H and O–H groups in total. The Morgan fingerprint density at radius 3 is 1.32 bits per heavy atom. The third kappa shape index (κ3) is 42.0. The van der Waals surface area contributed by atoms with Crippen molar-refractivity contribution in [2.75, 3.05) is 13.2 Å². The summed E-state index contributed by atoms with van der Waals surface area (Å²) in [5.74, 6) is -0.976. The van der Waals surface area contributed by atoms with Crippen molar-refractivity contribution in [1.82, 2.24) is 0 Å². The Kier molecular flexibility index (Phi) is 42.1. The van der Waals surface area contributed by atoms with Crippen LogP contribution >= 0.6 is 0 Å². The maximum atomic E-state index is 12.7. The van der Waals surface area contributed by atoms with Gasteiger partial charge in [-0.15, -0.1) is 0 Å². The second-order valence-electron chi connectivity index (χ2n) is 14.9. The van der Waals surface area contributed by atoms with Crippen molar-refractivity contribution in [3.8, 4) is 0 Å². The molecule has 0 aliphatic carbocycles. The number of rotatable bonds is 40. The van der Waals surface area contributed by atoms with E-state index in [1.807, 2.05) is 0 Å². The molecule has 0 rings (SSSR count). The van der Waals surface area contributed by atoms with Gasteiger partial charge in [0.1, 0.15) is 13.2 Å². The average molecular weight is 781 g/mol. The first kappa shape index (κ1) is 52.9. The highest BCUT2D eigenvalue weighted by Crippen LogP contribution is 2.12. The van der Waals surface area contributed by atoms with Crippen LogP contribution in [0.15, 0.2) is 72.9 Å². The van der Waals surface area contributed by atoms with Gasteiger partial charge in [0, 0.05) is 19.3 Å². The lowest BCUT2D eigenvalue weighted by Crippen LogP contribution is -2.30. The van der Waals surface area contributed by atoms with E-state index in [0.717, 1.165) is 89.9 Å². The lowest BCUT2D eigenvalue weighted by Gasteiger charge is -2.18. The van der Waals surface area contributed by atoms with Crippen LogP contribution in [-0.4, -0.2) is 37.2 Å². The van der Waals surface area contributed by atoms with Crippen LogP contribution in [0, 0.1) is 0 Å². The van der Waals surface area contributed by atoms with Crippen LogP contribution in [0.1, 0.15) is 207 Å². The molecular weight excluding hydrogens is 697 g/mol. The Hall–Kier alpha value is -3.15. The van der Waals surface area contributed by atoms with E-state index in [4.69, 9.17) is 14.2 Å². The highest BCUT2D eigenvalue weighted by Gasteiger charge is 2.19. The molecule has 0 radical (unpaired) electrons. The monoisotopic (exact) mass is 781 g/mol. The van der Waals surface area contributed by atoms with Crippen molar-refractivity contribution < 1.29 is 28.6 Å². The summed E-state index contributed by atoms with van der Waals surface area (Å²) in [4.78, 5) is 37.7. The fraction of sp³-hybridized carbons (Fsp3) is 0.700. The summed E-state index contributed by atoms with van der Waals surface area (Å²) in [6.07, 6.45) is 54.6. The molecule has 0 aromatic heterocycles. The summed E-state index contributed by atoms with van der Waals surface area (Å²) in [7, 11) is 0. The summed E-state index contributed by atoms with van der Waals surface area (Å²) in [5.41, 5.74) is 0. The molecular formula is C50H84O6. The summed E-state index contributed by atoms with van der Waals surface area (Å²) in [5, 5.41) is 0. The molecule has 6 nitrogen and oxygen atoms in total. The van der Waals surface area contributed by atoms with Gasteiger partial charge in [-0.05, 0) is 96.3 Å². The predicted octanol–water partition coefficient (Wildman–Crippen LogP) is 14.7. The van der Waals surface area contributed by atoms with Gasteiger partial charge in [-0.1, -0.05) is 164 Å². The highest BCUT2D eigenvalue weighted by atomic mass is 16.6. The zero-order chi connectivity index (χ0) is 40.8.